The highest BCUT2D eigenvalue weighted by molar-refractivity contribution is 6.33. The average molecular weight is 215 g/mol. The SMILES string of the molecule is CC(=O)c1c(N)ccc(Cl)c1[N+](=O)[O-]. The van der Waals surface area contributed by atoms with Gasteiger partial charge in [-0.15, -0.1) is 0 Å². The van der Waals surface area contributed by atoms with E-state index in [-0.39, 0.29) is 16.3 Å². The van der Waals surface area contributed by atoms with Gasteiger partial charge in [0.2, 0.25) is 0 Å². The number of nitrogens with two attached hydrogens (primary N) is 1. The molecule has 1 rings (SSSR count). The van der Waals surface area contributed by atoms with Crippen molar-refractivity contribution in [3.05, 3.63) is 32.8 Å². The van der Waals surface area contributed by atoms with Crippen molar-refractivity contribution in [2.75, 3.05) is 5.73 Å². The molecule has 74 valence electrons. The van der Waals surface area contributed by atoms with Crippen molar-refractivity contribution < 1.29 is 9.72 Å². The molecule has 14 heavy (non-hydrogen) atoms. The monoisotopic (exact) mass is 214 g/mol. The van der Waals surface area contributed by atoms with Gasteiger partial charge in [-0.2, -0.15) is 0 Å². The van der Waals surface area contributed by atoms with Gasteiger partial charge in [0.05, 0.1) is 4.92 Å². The van der Waals surface area contributed by atoms with Gasteiger partial charge in [-0.3, -0.25) is 14.9 Å². The van der Waals surface area contributed by atoms with Crippen LogP contribution in [0.4, 0.5) is 11.4 Å². The van der Waals surface area contributed by atoms with Crippen LogP contribution in [0.1, 0.15) is 17.3 Å². The zero-order chi connectivity index (χ0) is 10.9. The summed E-state index contributed by atoms with van der Waals surface area (Å²) < 4.78 is 0. The van der Waals surface area contributed by atoms with Crippen molar-refractivity contribution in [2.45, 2.75) is 6.92 Å². The molecule has 6 heteroatoms. The number of halogens is 1. The fourth-order valence-corrected chi connectivity index (χ4v) is 1.36. The van der Waals surface area contributed by atoms with Gasteiger partial charge in [-0.1, -0.05) is 11.6 Å². The third kappa shape index (κ3) is 1.67. The maximum atomic E-state index is 11.1. The van der Waals surface area contributed by atoms with E-state index in [9.17, 15) is 14.9 Å². The second kappa shape index (κ2) is 3.63. The molecule has 0 heterocycles. The minimum absolute atomic E-state index is 0.0635. The first-order valence-electron chi connectivity index (χ1n) is 3.68. The highest BCUT2D eigenvalue weighted by Gasteiger charge is 2.24. The molecular formula is C8H7ClN2O3. The van der Waals surface area contributed by atoms with E-state index in [1.165, 1.54) is 19.1 Å². The van der Waals surface area contributed by atoms with Crippen LogP contribution in [0.25, 0.3) is 0 Å². The predicted molar refractivity (Wildman–Crippen MR) is 52.5 cm³/mol. The summed E-state index contributed by atoms with van der Waals surface area (Å²) in [5.41, 5.74) is 4.94. The predicted octanol–water partition coefficient (Wildman–Crippen LogP) is 2.03. The molecule has 0 bridgehead atoms. The molecule has 0 saturated carbocycles. The topological polar surface area (TPSA) is 86.2 Å². The third-order valence-corrected chi connectivity index (χ3v) is 2.00. The van der Waals surface area contributed by atoms with E-state index < -0.39 is 16.4 Å². The van der Waals surface area contributed by atoms with Crippen LogP contribution in [-0.4, -0.2) is 10.7 Å². The summed E-state index contributed by atoms with van der Waals surface area (Å²) >= 11 is 5.59. The molecular weight excluding hydrogens is 208 g/mol. The van der Waals surface area contributed by atoms with Gasteiger partial charge in [-0.05, 0) is 19.1 Å². The molecule has 0 aliphatic carbocycles. The van der Waals surface area contributed by atoms with Crippen LogP contribution in [0.2, 0.25) is 5.02 Å². The zero-order valence-corrected chi connectivity index (χ0v) is 8.04. The first kappa shape index (κ1) is 10.5. The van der Waals surface area contributed by atoms with Gasteiger partial charge < -0.3 is 5.73 Å². The minimum Gasteiger partial charge on any atom is -0.398 e. The van der Waals surface area contributed by atoms with Crippen LogP contribution in [0.15, 0.2) is 12.1 Å². The normalized spacial score (nSPS) is 9.86. The number of hydrogen-bond acceptors (Lipinski definition) is 4. The Labute approximate surface area is 84.6 Å². The first-order chi connectivity index (χ1) is 6.45. The summed E-state index contributed by atoms with van der Waals surface area (Å²) in [5.74, 6) is -0.475. The quantitative estimate of drug-likeness (QED) is 0.353. The number of nitrogen functional groups attached to an aromatic ring is 1. The lowest BCUT2D eigenvalue weighted by Gasteiger charge is -2.03. The molecule has 0 fully saturated rings. The summed E-state index contributed by atoms with van der Waals surface area (Å²) in [7, 11) is 0. The van der Waals surface area contributed by atoms with Gasteiger partial charge >= 0.3 is 5.69 Å². The lowest BCUT2D eigenvalue weighted by Crippen LogP contribution is -2.05. The number of carbonyl (C=O) groups excluding carboxylic acids is 1. The number of nitro benzene ring substituents is 1. The molecule has 0 aliphatic heterocycles. The number of benzene rings is 1. The van der Waals surface area contributed by atoms with Crippen LogP contribution in [0, 0.1) is 10.1 Å². The highest BCUT2D eigenvalue weighted by Crippen LogP contribution is 2.32. The fourth-order valence-electron chi connectivity index (χ4n) is 1.13. The largest absolute Gasteiger partial charge is 0.398 e. The molecule has 1 aromatic carbocycles. The minimum atomic E-state index is -0.713. The number of Topliss-reactive ketones (excluding diaryl/α,β-unsaturated/α-hetero) is 1. The first-order valence-corrected chi connectivity index (χ1v) is 4.06. The van der Waals surface area contributed by atoms with Crippen molar-refractivity contribution in [3.63, 3.8) is 0 Å². The van der Waals surface area contributed by atoms with Crippen molar-refractivity contribution in [2.24, 2.45) is 0 Å². The molecule has 0 atom stereocenters. The molecule has 0 spiro atoms. The Morgan fingerprint density at radius 3 is 2.50 bits per heavy atom. The fraction of sp³-hybridized carbons (Fsp3) is 0.125. The van der Waals surface area contributed by atoms with Crippen LogP contribution in [0.5, 0.6) is 0 Å². The number of carbonyl (C=O) groups is 1. The van der Waals surface area contributed by atoms with Gasteiger partial charge in [0, 0.05) is 5.69 Å². The number of nitrogens with zero attached hydrogens (tertiary/aromatic N) is 1. The van der Waals surface area contributed by atoms with Gasteiger partial charge in [0.25, 0.3) is 0 Å². The Balaban J connectivity index is 3.58. The molecule has 0 aromatic heterocycles. The second-order valence-electron chi connectivity index (χ2n) is 2.67. The molecule has 0 aliphatic rings. The number of hydrogen-bond donors (Lipinski definition) is 1. The molecule has 0 saturated heterocycles. The Morgan fingerprint density at radius 2 is 2.14 bits per heavy atom. The second-order valence-corrected chi connectivity index (χ2v) is 3.08. The number of nitro groups is 1. The van der Waals surface area contributed by atoms with E-state index >= 15 is 0 Å². The summed E-state index contributed by atoms with van der Waals surface area (Å²) in [6, 6.07) is 2.66. The molecule has 0 radical (unpaired) electrons. The summed E-state index contributed by atoms with van der Waals surface area (Å²) in [5, 5.41) is 10.5. The Bertz CT molecular complexity index is 378. The van der Waals surface area contributed by atoms with Crippen molar-refractivity contribution in [1.29, 1.82) is 0 Å². The van der Waals surface area contributed by atoms with E-state index in [0.29, 0.717) is 0 Å². The summed E-state index contributed by atoms with van der Waals surface area (Å²) in [6.45, 7) is 1.20. The van der Waals surface area contributed by atoms with Crippen molar-refractivity contribution in [1.82, 2.24) is 0 Å². The van der Waals surface area contributed by atoms with Gasteiger partial charge in [0.1, 0.15) is 10.6 Å². The van der Waals surface area contributed by atoms with Gasteiger partial charge in [0.15, 0.2) is 5.78 Å². The average Bonchev–Trinajstić information content (AvgIpc) is 2.07. The van der Waals surface area contributed by atoms with Crippen LogP contribution >= 0.6 is 11.6 Å². The highest BCUT2D eigenvalue weighted by atomic mass is 35.5. The lowest BCUT2D eigenvalue weighted by molar-refractivity contribution is -0.384. The van der Waals surface area contributed by atoms with E-state index in [2.05, 4.69) is 0 Å². The smallest absolute Gasteiger partial charge is 0.300 e. The third-order valence-electron chi connectivity index (χ3n) is 1.70. The molecule has 5 nitrogen and oxygen atoms in total. The van der Waals surface area contributed by atoms with E-state index in [1.54, 1.807) is 0 Å². The number of rotatable bonds is 2. The van der Waals surface area contributed by atoms with E-state index in [0.717, 1.165) is 0 Å². The zero-order valence-electron chi connectivity index (χ0n) is 7.28. The maximum Gasteiger partial charge on any atom is 0.300 e. The van der Waals surface area contributed by atoms with Crippen molar-refractivity contribution >= 4 is 28.8 Å². The van der Waals surface area contributed by atoms with Crippen LogP contribution < -0.4 is 5.73 Å². The Kier molecular flexibility index (Phi) is 2.71. The molecule has 1 aromatic rings. The number of ketones is 1. The van der Waals surface area contributed by atoms with Crippen molar-refractivity contribution in [3.8, 4) is 0 Å². The molecule has 0 unspecified atom stereocenters. The lowest BCUT2D eigenvalue weighted by atomic mass is 10.1. The van der Waals surface area contributed by atoms with Crippen LogP contribution in [-0.2, 0) is 0 Å². The summed E-state index contributed by atoms with van der Waals surface area (Å²) in [4.78, 5) is 21.0. The molecule has 0 amide bonds. The van der Waals surface area contributed by atoms with E-state index in [4.69, 9.17) is 17.3 Å². The maximum absolute atomic E-state index is 11.1. The standard InChI is InChI=1S/C8H7ClN2O3/c1-4(12)7-6(10)3-2-5(9)8(7)11(13)14/h2-3H,10H2,1H3. The summed E-state index contributed by atoms with van der Waals surface area (Å²) in [6.07, 6.45) is 0. The Morgan fingerprint density at radius 1 is 1.57 bits per heavy atom. The number of anilines is 1. The van der Waals surface area contributed by atoms with Crippen LogP contribution in [0.3, 0.4) is 0 Å². The Hall–Kier alpha value is -1.62. The van der Waals surface area contributed by atoms with E-state index in [1.807, 2.05) is 0 Å². The molecule has 2 N–H and O–H groups in total. The van der Waals surface area contributed by atoms with Gasteiger partial charge in [-0.25, -0.2) is 0 Å².